The molecule has 0 radical (unpaired) electrons. The lowest BCUT2D eigenvalue weighted by Crippen LogP contribution is -2.34. The molecular weight excluding hydrogens is 479 g/mol. The van der Waals surface area contributed by atoms with Gasteiger partial charge in [0.15, 0.2) is 5.78 Å². The molecule has 0 bridgehead atoms. The first kappa shape index (κ1) is 19.6. The van der Waals surface area contributed by atoms with Crippen molar-refractivity contribution in [1.82, 2.24) is 4.90 Å². The van der Waals surface area contributed by atoms with Gasteiger partial charge in [0, 0.05) is 27.9 Å². The fourth-order valence-electron chi connectivity index (χ4n) is 2.63. The summed E-state index contributed by atoms with van der Waals surface area (Å²) in [5.41, 5.74) is 5.16. The van der Waals surface area contributed by atoms with Crippen molar-refractivity contribution in [3.8, 4) is 5.75 Å². The summed E-state index contributed by atoms with van der Waals surface area (Å²) < 4.78 is 47.6. The Morgan fingerprint density at radius 2 is 2.00 bits per heavy atom. The van der Waals surface area contributed by atoms with Gasteiger partial charge in [-0.2, -0.15) is 0 Å². The Labute approximate surface area is 192 Å². The molecule has 0 fully saturated rings. The van der Waals surface area contributed by atoms with Crippen LogP contribution in [0.2, 0.25) is 5.02 Å². The fourth-order valence-corrected chi connectivity index (χ4v) is 3.66. The zero-order valence-electron chi connectivity index (χ0n) is 19.8. The van der Waals surface area contributed by atoms with Gasteiger partial charge in [-0.15, -0.1) is 0 Å². The lowest BCUT2D eigenvalue weighted by Gasteiger charge is -2.25. The summed E-state index contributed by atoms with van der Waals surface area (Å²) in [5, 5.41) is 0.0225. The monoisotopic (exact) mass is 503 g/mol. The van der Waals surface area contributed by atoms with Gasteiger partial charge in [0.05, 0.1) is 28.7 Å². The lowest BCUT2D eigenvalue weighted by molar-refractivity contribution is 0.0284. The fraction of sp³-hybridized carbons (Fsp3) is 0.333. The van der Waals surface area contributed by atoms with Crippen LogP contribution in [0.25, 0.3) is 0 Å². The van der Waals surface area contributed by atoms with Gasteiger partial charge in [-0.05, 0) is 61.0 Å². The molecule has 1 amide bonds. The summed E-state index contributed by atoms with van der Waals surface area (Å²) in [6.07, 6.45) is -1.06. The van der Waals surface area contributed by atoms with Crippen LogP contribution in [-0.2, 0) is 11.3 Å². The Hall–Kier alpha value is -2.32. The molecule has 30 heavy (non-hydrogen) atoms. The third-order valence-corrected chi connectivity index (χ3v) is 4.96. The normalized spacial score (nSPS) is 13.1. The number of nitrogens with two attached hydrogens (primary N) is 1. The largest absolute Gasteiger partial charge is 0.495 e. The highest BCUT2D eigenvalue weighted by Crippen LogP contribution is 2.39. The van der Waals surface area contributed by atoms with Gasteiger partial charge in [-0.1, -0.05) is 11.6 Å². The first-order chi connectivity index (χ1) is 15.1. The van der Waals surface area contributed by atoms with Crippen LogP contribution in [0, 0.1) is 5.82 Å². The van der Waals surface area contributed by atoms with E-state index in [4.69, 9.17) is 30.9 Å². The summed E-state index contributed by atoms with van der Waals surface area (Å²) in [5.74, 6) is -1.27. The number of hydrogen-bond donors (Lipinski definition) is 1. The number of amides is 1. The Morgan fingerprint density at radius 1 is 1.33 bits per heavy atom. The van der Waals surface area contributed by atoms with E-state index in [0.29, 0.717) is 4.90 Å². The zero-order chi connectivity index (χ0) is 25.3. The van der Waals surface area contributed by atoms with Crippen molar-refractivity contribution in [2.75, 3.05) is 19.8 Å². The van der Waals surface area contributed by atoms with E-state index < -0.39 is 36.8 Å². The maximum absolute atomic E-state index is 13.7. The van der Waals surface area contributed by atoms with E-state index in [1.807, 2.05) is 0 Å². The maximum atomic E-state index is 13.7. The van der Waals surface area contributed by atoms with Crippen LogP contribution in [-0.4, -0.2) is 36.5 Å². The summed E-state index contributed by atoms with van der Waals surface area (Å²) in [7, 11) is 1.30. The van der Waals surface area contributed by atoms with Crippen molar-refractivity contribution in [2.24, 2.45) is 0 Å². The van der Waals surface area contributed by atoms with Gasteiger partial charge in [0.25, 0.3) is 0 Å². The third-order valence-electron chi connectivity index (χ3n) is 3.88. The molecule has 2 rings (SSSR count). The van der Waals surface area contributed by atoms with E-state index in [0.717, 1.165) is 12.1 Å². The van der Waals surface area contributed by atoms with Crippen LogP contribution in [0.5, 0.6) is 5.75 Å². The molecule has 0 aliphatic carbocycles. The second kappa shape index (κ2) is 9.22. The predicted molar refractivity (Wildman–Crippen MR) is 118 cm³/mol. The highest BCUT2D eigenvalue weighted by molar-refractivity contribution is 9.10. The molecule has 2 aromatic carbocycles. The second-order valence-corrected chi connectivity index (χ2v) is 8.57. The Kier molecular flexibility index (Phi) is 6.03. The smallest absolute Gasteiger partial charge is 0.410 e. The molecule has 2 N–H and O–H groups in total. The van der Waals surface area contributed by atoms with Crippen molar-refractivity contribution in [2.45, 2.75) is 32.9 Å². The van der Waals surface area contributed by atoms with E-state index in [1.54, 1.807) is 20.8 Å². The van der Waals surface area contributed by atoms with E-state index >= 15 is 0 Å². The number of nitrogen functional groups attached to an aromatic ring is 1. The number of ether oxygens (including phenoxy) is 2. The topological polar surface area (TPSA) is 81.9 Å². The first-order valence-corrected chi connectivity index (χ1v) is 9.89. The number of carbonyl (C=O) groups excluding carboxylic acids is 2. The molecule has 0 spiro atoms. The molecule has 2 aromatic rings. The number of carbonyl (C=O) groups is 2. The van der Waals surface area contributed by atoms with Crippen LogP contribution in [0.4, 0.5) is 14.9 Å². The molecule has 0 atom stereocenters. The van der Waals surface area contributed by atoms with Gasteiger partial charge >= 0.3 is 6.09 Å². The molecule has 0 aromatic heterocycles. The summed E-state index contributed by atoms with van der Waals surface area (Å²) in [4.78, 5) is 26.2. The average Bonchev–Trinajstić information content (AvgIpc) is 2.65. The molecule has 0 unspecified atom stereocenters. The van der Waals surface area contributed by atoms with Crippen molar-refractivity contribution < 1.29 is 27.6 Å². The average molecular weight is 505 g/mol. The number of anilines is 1. The number of nitrogens with zero attached hydrogens (tertiary/aromatic N) is 1. The number of methoxy groups -OCH3 is 1. The van der Waals surface area contributed by atoms with Gasteiger partial charge in [0.1, 0.15) is 17.2 Å². The number of benzene rings is 2. The number of rotatable bonds is 5. The van der Waals surface area contributed by atoms with Gasteiger partial charge in [0.2, 0.25) is 0 Å². The Balaban J connectivity index is 2.57. The minimum Gasteiger partial charge on any atom is -0.495 e. The zero-order valence-corrected chi connectivity index (χ0v) is 19.1. The van der Waals surface area contributed by atoms with Crippen LogP contribution >= 0.6 is 27.5 Å². The molecular formula is C21H23BrClFN2O4. The quantitative estimate of drug-likeness (QED) is 0.434. The summed E-state index contributed by atoms with van der Waals surface area (Å²) in [6, 6.07) is 4.65. The van der Waals surface area contributed by atoms with Crippen molar-refractivity contribution in [1.29, 1.82) is 0 Å². The standard InChI is InChI=1S/C21H23BrClFN2O4/c1-21(2,3)30-20(28)26(4)10-11-8-15(25)16(17(22)19(11)29-5)18(27)13-9-12(24)6-7-14(13)23/h6-9H,10,25H2,1-5H3/i4D3. The Bertz CT molecular complexity index is 1090. The summed E-state index contributed by atoms with van der Waals surface area (Å²) in [6.45, 7) is 1.53. The highest BCUT2D eigenvalue weighted by atomic mass is 79.9. The first-order valence-electron chi connectivity index (χ1n) is 10.2. The molecule has 0 saturated carbocycles. The Morgan fingerprint density at radius 3 is 2.57 bits per heavy atom. The van der Waals surface area contributed by atoms with E-state index in [2.05, 4.69) is 15.9 Å². The van der Waals surface area contributed by atoms with Crippen LogP contribution in [0.3, 0.4) is 0 Å². The number of halogens is 3. The second-order valence-electron chi connectivity index (χ2n) is 7.37. The molecule has 162 valence electrons. The van der Waals surface area contributed by atoms with Crippen LogP contribution < -0.4 is 10.5 Å². The molecule has 0 saturated heterocycles. The molecule has 6 nitrogen and oxygen atoms in total. The minimum atomic E-state index is -2.84. The van der Waals surface area contributed by atoms with Crippen LogP contribution in [0.15, 0.2) is 28.7 Å². The number of ketones is 1. The van der Waals surface area contributed by atoms with Crippen LogP contribution in [0.1, 0.15) is 46.4 Å². The maximum Gasteiger partial charge on any atom is 0.410 e. The highest BCUT2D eigenvalue weighted by Gasteiger charge is 2.26. The molecule has 0 heterocycles. The van der Waals surface area contributed by atoms with Gasteiger partial charge < -0.3 is 20.1 Å². The number of hydrogen-bond acceptors (Lipinski definition) is 5. The third kappa shape index (κ3) is 5.43. The van der Waals surface area contributed by atoms with Crippen molar-refractivity contribution in [3.63, 3.8) is 0 Å². The van der Waals surface area contributed by atoms with Crippen molar-refractivity contribution >= 4 is 45.1 Å². The SMILES string of the molecule is [2H]C([2H])([2H])N(Cc1cc(N)c(C(=O)c2cc(F)ccc2Cl)c(Br)c1OC)C(=O)OC(C)(C)C. The van der Waals surface area contributed by atoms with Gasteiger partial charge in [-0.3, -0.25) is 4.79 Å². The van der Waals surface area contributed by atoms with Crippen molar-refractivity contribution in [3.05, 3.63) is 56.3 Å². The molecule has 9 heteroatoms. The predicted octanol–water partition coefficient (Wildman–Crippen LogP) is 5.43. The minimum absolute atomic E-state index is 0.0225. The molecule has 0 aliphatic heterocycles. The van der Waals surface area contributed by atoms with Gasteiger partial charge in [-0.25, -0.2) is 9.18 Å². The lowest BCUT2D eigenvalue weighted by atomic mass is 9.99. The van der Waals surface area contributed by atoms with E-state index in [9.17, 15) is 14.0 Å². The summed E-state index contributed by atoms with van der Waals surface area (Å²) >= 11 is 9.33. The van der Waals surface area contributed by atoms with E-state index in [-0.39, 0.29) is 37.6 Å². The molecule has 0 aliphatic rings. The van der Waals surface area contributed by atoms with E-state index in [1.165, 1.54) is 19.2 Å².